The highest BCUT2D eigenvalue weighted by atomic mass is 35.5. The number of hydrogen-bond donors (Lipinski definition) is 1. The molecule has 1 fully saturated rings. The Labute approximate surface area is 136 Å². The average molecular weight is 349 g/mol. The van der Waals surface area contributed by atoms with E-state index in [2.05, 4.69) is 0 Å². The summed E-state index contributed by atoms with van der Waals surface area (Å²) >= 11 is 5.67. The first-order valence-corrected chi connectivity index (χ1v) is 7.54. The first-order chi connectivity index (χ1) is 10.8. The lowest BCUT2D eigenvalue weighted by molar-refractivity contribution is -0.163. The number of nitrogens with zero attached hydrogens (tertiary/aromatic N) is 1. The molecule has 2 rings (SSSR count). The van der Waals surface area contributed by atoms with Crippen molar-refractivity contribution in [3.05, 3.63) is 34.9 Å². The first-order valence-electron chi connectivity index (χ1n) is 7.16. The lowest BCUT2D eigenvalue weighted by Crippen LogP contribution is -2.39. The van der Waals surface area contributed by atoms with Crippen LogP contribution >= 0.6 is 11.6 Å². The third kappa shape index (κ3) is 4.86. The van der Waals surface area contributed by atoms with Gasteiger partial charge in [0.25, 0.3) is 0 Å². The van der Waals surface area contributed by atoms with E-state index in [9.17, 15) is 22.8 Å². The van der Waals surface area contributed by atoms with E-state index in [1.807, 2.05) is 5.32 Å². The van der Waals surface area contributed by atoms with E-state index in [4.69, 9.17) is 11.6 Å². The Hall–Kier alpha value is -1.76. The molecule has 1 aliphatic heterocycles. The molecule has 0 radical (unpaired) electrons. The summed E-state index contributed by atoms with van der Waals surface area (Å²) < 4.78 is 39.5. The van der Waals surface area contributed by atoms with Crippen LogP contribution in [-0.4, -0.2) is 36.0 Å². The smallest absolute Gasteiger partial charge is 0.342 e. The van der Waals surface area contributed by atoms with E-state index < -0.39 is 18.1 Å². The Kier molecular flexibility index (Phi) is 5.51. The van der Waals surface area contributed by atoms with Crippen molar-refractivity contribution in [3.63, 3.8) is 0 Å². The quantitative estimate of drug-likeness (QED) is 0.889. The largest absolute Gasteiger partial charge is 0.412 e. The van der Waals surface area contributed by atoms with Gasteiger partial charge in [-0.1, -0.05) is 23.7 Å². The van der Waals surface area contributed by atoms with Crippen LogP contribution in [0.4, 0.5) is 13.2 Å². The number of nitrogens with one attached hydrogen (secondary N) is 1. The highest BCUT2D eigenvalue weighted by Crippen LogP contribution is 2.33. The van der Waals surface area contributed by atoms with Crippen LogP contribution in [0.2, 0.25) is 5.02 Å². The fraction of sp³-hybridized carbons (Fsp3) is 0.467. The van der Waals surface area contributed by atoms with Gasteiger partial charge in [-0.15, -0.1) is 0 Å². The van der Waals surface area contributed by atoms with Gasteiger partial charge in [0.2, 0.25) is 11.8 Å². The lowest BCUT2D eigenvalue weighted by Gasteiger charge is -2.23. The molecule has 0 aliphatic carbocycles. The van der Waals surface area contributed by atoms with Crippen LogP contribution in [0, 0.1) is 0 Å². The van der Waals surface area contributed by atoms with Crippen LogP contribution < -0.4 is 5.32 Å². The molecule has 1 aromatic carbocycles. The van der Waals surface area contributed by atoms with E-state index >= 15 is 0 Å². The van der Waals surface area contributed by atoms with Gasteiger partial charge in [-0.2, -0.15) is 13.2 Å². The van der Waals surface area contributed by atoms with E-state index in [-0.39, 0.29) is 24.4 Å². The number of carbonyl (C=O) groups is 2. The third-order valence-corrected chi connectivity index (χ3v) is 3.87. The van der Waals surface area contributed by atoms with Gasteiger partial charge in [0.15, 0.2) is 6.04 Å². The van der Waals surface area contributed by atoms with Crippen LogP contribution in [0.5, 0.6) is 0 Å². The second-order valence-electron chi connectivity index (χ2n) is 5.33. The molecule has 23 heavy (non-hydrogen) atoms. The molecule has 1 N–H and O–H groups in total. The molecule has 0 aromatic heterocycles. The fourth-order valence-corrected chi connectivity index (χ4v) is 2.55. The monoisotopic (exact) mass is 348 g/mol. The molecule has 0 saturated carbocycles. The minimum Gasteiger partial charge on any atom is -0.342 e. The topological polar surface area (TPSA) is 49.4 Å². The van der Waals surface area contributed by atoms with E-state index in [0.29, 0.717) is 18.0 Å². The van der Waals surface area contributed by atoms with Crippen LogP contribution in [0.15, 0.2) is 24.3 Å². The van der Waals surface area contributed by atoms with Gasteiger partial charge in [0.05, 0.1) is 0 Å². The normalized spacial score (nSPS) is 16.5. The molecule has 8 heteroatoms. The molecule has 0 unspecified atom stereocenters. The van der Waals surface area contributed by atoms with E-state index in [1.54, 1.807) is 0 Å². The molecule has 1 atom stereocenters. The Morgan fingerprint density at radius 3 is 2.48 bits per heavy atom. The number of amides is 2. The highest BCUT2D eigenvalue weighted by Gasteiger charge is 2.41. The SMILES string of the molecule is O=C(CCN1CCCC1=O)N[C@H](c1ccc(Cl)cc1)C(F)(F)F. The Bertz CT molecular complexity index is 575. The lowest BCUT2D eigenvalue weighted by atomic mass is 10.1. The van der Waals surface area contributed by atoms with Crippen molar-refractivity contribution in [1.29, 1.82) is 0 Å². The van der Waals surface area contributed by atoms with Crippen molar-refractivity contribution in [2.45, 2.75) is 31.5 Å². The number of carbonyl (C=O) groups excluding carboxylic acids is 2. The zero-order valence-electron chi connectivity index (χ0n) is 12.2. The number of likely N-dealkylation sites (tertiary alicyclic amines) is 1. The van der Waals surface area contributed by atoms with Crippen LogP contribution in [0.3, 0.4) is 0 Å². The number of rotatable bonds is 5. The number of halogens is 4. The standard InChI is InChI=1S/C15H16ClF3N2O2/c16-11-5-3-10(4-6-11)14(15(17,18)19)20-12(22)7-9-21-8-1-2-13(21)23/h3-6,14H,1-2,7-9H2,(H,20,22)/t14-/m1/s1. The molecular formula is C15H16ClF3N2O2. The van der Waals surface area contributed by atoms with Gasteiger partial charge in [0, 0.05) is 31.0 Å². The van der Waals surface area contributed by atoms with Crippen molar-refractivity contribution >= 4 is 23.4 Å². The first kappa shape index (κ1) is 17.6. The molecule has 4 nitrogen and oxygen atoms in total. The Morgan fingerprint density at radius 2 is 1.96 bits per heavy atom. The van der Waals surface area contributed by atoms with Gasteiger partial charge in [-0.3, -0.25) is 9.59 Å². The summed E-state index contributed by atoms with van der Waals surface area (Å²) in [6, 6.07) is 3.03. The number of benzene rings is 1. The molecule has 126 valence electrons. The molecule has 1 heterocycles. The highest BCUT2D eigenvalue weighted by molar-refractivity contribution is 6.30. The predicted molar refractivity (Wildman–Crippen MR) is 78.8 cm³/mol. The summed E-state index contributed by atoms with van der Waals surface area (Å²) in [5.41, 5.74) is -0.0903. The molecule has 0 bridgehead atoms. The summed E-state index contributed by atoms with van der Waals surface area (Å²) in [6.45, 7) is 0.682. The molecule has 0 spiro atoms. The van der Waals surface area contributed by atoms with E-state index in [1.165, 1.54) is 29.2 Å². The minimum absolute atomic E-state index is 0.0668. The maximum absolute atomic E-state index is 13.2. The van der Waals surface area contributed by atoms with Crippen LogP contribution in [0.25, 0.3) is 0 Å². The van der Waals surface area contributed by atoms with Crippen molar-refractivity contribution in [3.8, 4) is 0 Å². The summed E-state index contributed by atoms with van der Waals surface area (Å²) in [5, 5.41) is 2.30. The number of hydrogen-bond acceptors (Lipinski definition) is 2. The minimum atomic E-state index is -4.62. The second kappa shape index (κ2) is 7.21. The maximum atomic E-state index is 13.2. The molecule has 1 saturated heterocycles. The number of alkyl halides is 3. The average Bonchev–Trinajstić information content (AvgIpc) is 2.88. The van der Waals surface area contributed by atoms with Crippen molar-refractivity contribution < 1.29 is 22.8 Å². The molecular weight excluding hydrogens is 333 g/mol. The summed E-state index contributed by atoms with van der Waals surface area (Å²) in [7, 11) is 0. The van der Waals surface area contributed by atoms with Gasteiger partial charge in [0.1, 0.15) is 0 Å². The van der Waals surface area contributed by atoms with Crippen molar-refractivity contribution in [2.75, 3.05) is 13.1 Å². The van der Waals surface area contributed by atoms with Crippen LogP contribution in [0.1, 0.15) is 30.9 Å². The maximum Gasteiger partial charge on any atom is 0.412 e. The van der Waals surface area contributed by atoms with Crippen molar-refractivity contribution in [1.82, 2.24) is 10.2 Å². The predicted octanol–water partition coefficient (Wildman–Crippen LogP) is 3.07. The van der Waals surface area contributed by atoms with Crippen molar-refractivity contribution in [2.24, 2.45) is 0 Å². The van der Waals surface area contributed by atoms with Gasteiger partial charge >= 0.3 is 6.18 Å². The molecule has 2 amide bonds. The van der Waals surface area contributed by atoms with Gasteiger partial charge in [-0.25, -0.2) is 0 Å². The summed E-state index contributed by atoms with van der Waals surface area (Å²) in [5.74, 6) is -0.815. The summed E-state index contributed by atoms with van der Waals surface area (Å²) in [6.07, 6.45) is -3.63. The van der Waals surface area contributed by atoms with Gasteiger partial charge < -0.3 is 10.2 Å². The molecule has 1 aromatic rings. The van der Waals surface area contributed by atoms with Crippen LogP contribution in [-0.2, 0) is 9.59 Å². The zero-order valence-corrected chi connectivity index (χ0v) is 13.0. The third-order valence-electron chi connectivity index (χ3n) is 3.62. The Balaban J connectivity index is 1.98. The molecule has 1 aliphatic rings. The Morgan fingerprint density at radius 1 is 1.30 bits per heavy atom. The zero-order chi connectivity index (χ0) is 17.0. The summed E-state index contributed by atoms with van der Waals surface area (Å²) in [4.78, 5) is 24.7. The van der Waals surface area contributed by atoms with Gasteiger partial charge in [-0.05, 0) is 24.1 Å². The second-order valence-corrected chi connectivity index (χ2v) is 5.76. The fourth-order valence-electron chi connectivity index (χ4n) is 2.42. The van der Waals surface area contributed by atoms with E-state index in [0.717, 1.165) is 6.42 Å².